The minimum atomic E-state index is -0.930. The average Bonchev–Trinajstić information content (AvgIpc) is 2.77. The second-order valence-corrected chi connectivity index (χ2v) is 4.61. The number of methoxy groups -OCH3 is 1. The fourth-order valence-electron chi connectivity index (χ4n) is 1.99. The molecule has 0 spiro atoms. The first-order valence-electron chi connectivity index (χ1n) is 5.10. The lowest BCUT2D eigenvalue weighted by atomic mass is 10.0. The SMILES string of the molecule is COc1c(Br)cc(C2CCCN2)c(F)c1F. The van der Waals surface area contributed by atoms with Crippen LogP contribution in [0.15, 0.2) is 10.5 Å². The molecule has 1 heterocycles. The van der Waals surface area contributed by atoms with Crippen molar-refractivity contribution >= 4 is 15.9 Å². The van der Waals surface area contributed by atoms with Gasteiger partial charge in [0, 0.05) is 11.6 Å². The van der Waals surface area contributed by atoms with Crippen molar-refractivity contribution in [3.05, 3.63) is 27.7 Å². The van der Waals surface area contributed by atoms with E-state index in [1.807, 2.05) is 0 Å². The molecule has 1 atom stereocenters. The van der Waals surface area contributed by atoms with Crippen LogP contribution in [-0.2, 0) is 0 Å². The molecule has 0 amide bonds. The van der Waals surface area contributed by atoms with E-state index in [0.29, 0.717) is 10.0 Å². The molecule has 1 fully saturated rings. The number of halogens is 3. The Kier molecular flexibility index (Phi) is 3.44. The average molecular weight is 292 g/mol. The fourth-order valence-corrected chi connectivity index (χ4v) is 2.57. The van der Waals surface area contributed by atoms with Gasteiger partial charge in [0.25, 0.3) is 0 Å². The van der Waals surface area contributed by atoms with Crippen molar-refractivity contribution in [2.45, 2.75) is 18.9 Å². The van der Waals surface area contributed by atoms with Gasteiger partial charge in [-0.1, -0.05) is 0 Å². The molecule has 1 aliphatic heterocycles. The monoisotopic (exact) mass is 291 g/mol. The van der Waals surface area contributed by atoms with E-state index >= 15 is 0 Å². The van der Waals surface area contributed by atoms with E-state index in [9.17, 15) is 8.78 Å². The highest BCUT2D eigenvalue weighted by molar-refractivity contribution is 9.10. The molecule has 1 aromatic carbocycles. The Morgan fingerprint density at radius 3 is 2.75 bits per heavy atom. The van der Waals surface area contributed by atoms with Crippen molar-refractivity contribution in [2.24, 2.45) is 0 Å². The summed E-state index contributed by atoms with van der Waals surface area (Å²) in [6.07, 6.45) is 1.81. The Labute approximate surface area is 101 Å². The highest BCUT2D eigenvalue weighted by atomic mass is 79.9. The molecule has 0 aromatic heterocycles. The van der Waals surface area contributed by atoms with E-state index in [1.54, 1.807) is 6.07 Å². The molecule has 1 N–H and O–H groups in total. The molecule has 5 heteroatoms. The predicted molar refractivity (Wildman–Crippen MR) is 60.6 cm³/mol. The van der Waals surface area contributed by atoms with E-state index in [-0.39, 0.29) is 11.8 Å². The first-order valence-corrected chi connectivity index (χ1v) is 5.89. The molecule has 2 nitrogen and oxygen atoms in total. The summed E-state index contributed by atoms with van der Waals surface area (Å²) >= 11 is 3.18. The van der Waals surface area contributed by atoms with E-state index in [4.69, 9.17) is 4.74 Å². The largest absolute Gasteiger partial charge is 0.492 e. The van der Waals surface area contributed by atoms with E-state index < -0.39 is 11.6 Å². The predicted octanol–water partition coefficient (Wildman–Crippen LogP) is 3.16. The van der Waals surface area contributed by atoms with Gasteiger partial charge in [-0.25, -0.2) is 4.39 Å². The van der Waals surface area contributed by atoms with Crippen LogP contribution in [0.2, 0.25) is 0 Å². The molecule has 0 bridgehead atoms. The third kappa shape index (κ3) is 1.94. The highest BCUT2D eigenvalue weighted by Gasteiger charge is 2.25. The van der Waals surface area contributed by atoms with Crippen LogP contribution in [0, 0.1) is 11.6 Å². The normalized spacial score (nSPS) is 20.1. The first-order chi connectivity index (χ1) is 7.65. The molecular weight excluding hydrogens is 280 g/mol. The molecule has 2 rings (SSSR count). The zero-order chi connectivity index (χ0) is 11.7. The molecule has 0 radical (unpaired) electrons. The zero-order valence-electron chi connectivity index (χ0n) is 8.82. The molecule has 1 aliphatic rings. The molecular formula is C11H12BrF2NO. The van der Waals surface area contributed by atoms with Gasteiger partial charge in [-0.05, 0) is 41.4 Å². The van der Waals surface area contributed by atoms with Crippen molar-refractivity contribution in [3.8, 4) is 5.75 Å². The van der Waals surface area contributed by atoms with Crippen LogP contribution in [0.5, 0.6) is 5.75 Å². The van der Waals surface area contributed by atoms with Crippen LogP contribution in [0.4, 0.5) is 8.78 Å². The van der Waals surface area contributed by atoms with Gasteiger partial charge >= 0.3 is 0 Å². The zero-order valence-corrected chi connectivity index (χ0v) is 10.4. The smallest absolute Gasteiger partial charge is 0.202 e. The van der Waals surface area contributed by atoms with Crippen LogP contribution >= 0.6 is 15.9 Å². The van der Waals surface area contributed by atoms with Crippen LogP contribution < -0.4 is 10.1 Å². The Morgan fingerprint density at radius 1 is 1.44 bits per heavy atom. The van der Waals surface area contributed by atoms with Crippen LogP contribution in [0.3, 0.4) is 0 Å². The Hall–Kier alpha value is -0.680. The van der Waals surface area contributed by atoms with Crippen molar-refractivity contribution in [1.82, 2.24) is 5.32 Å². The van der Waals surface area contributed by atoms with Gasteiger partial charge in [0.1, 0.15) is 0 Å². The minimum absolute atomic E-state index is 0.0840. The Bertz CT molecular complexity index is 405. The number of nitrogens with one attached hydrogen (secondary N) is 1. The fraction of sp³-hybridized carbons (Fsp3) is 0.455. The number of rotatable bonds is 2. The Balaban J connectivity index is 2.46. The summed E-state index contributed by atoms with van der Waals surface area (Å²) in [5.41, 5.74) is 0.364. The van der Waals surface area contributed by atoms with E-state index in [1.165, 1.54) is 7.11 Å². The maximum absolute atomic E-state index is 13.8. The topological polar surface area (TPSA) is 21.3 Å². The van der Waals surface area contributed by atoms with E-state index in [0.717, 1.165) is 19.4 Å². The summed E-state index contributed by atoms with van der Waals surface area (Å²) < 4.78 is 32.6. The lowest BCUT2D eigenvalue weighted by molar-refractivity contribution is 0.365. The summed E-state index contributed by atoms with van der Waals surface area (Å²) in [5.74, 6) is -1.83. The summed E-state index contributed by atoms with van der Waals surface area (Å²) in [5, 5.41) is 3.14. The van der Waals surface area contributed by atoms with Gasteiger partial charge in [-0.2, -0.15) is 4.39 Å². The number of hydrogen-bond acceptors (Lipinski definition) is 2. The van der Waals surface area contributed by atoms with Crippen molar-refractivity contribution in [2.75, 3.05) is 13.7 Å². The standard InChI is InChI=1S/C11H12BrF2NO/c1-16-11-7(12)5-6(9(13)10(11)14)8-3-2-4-15-8/h5,8,15H,2-4H2,1H3. The maximum Gasteiger partial charge on any atom is 0.202 e. The molecule has 1 saturated heterocycles. The van der Waals surface area contributed by atoms with Crippen molar-refractivity contribution in [3.63, 3.8) is 0 Å². The summed E-state index contributed by atoms with van der Waals surface area (Å²) in [7, 11) is 1.32. The highest BCUT2D eigenvalue weighted by Crippen LogP contribution is 2.36. The summed E-state index contributed by atoms with van der Waals surface area (Å²) in [6.45, 7) is 0.843. The Morgan fingerprint density at radius 2 is 2.19 bits per heavy atom. The third-order valence-corrected chi connectivity index (χ3v) is 3.37. The van der Waals surface area contributed by atoms with Crippen LogP contribution in [0.25, 0.3) is 0 Å². The number of ether oxygens (including phenoxy) is 1. The maximum atomic E-state index is 13.8. The van der Waals surface area contributed by atoms with Gasteiger partial charge in [-0.15, -0.1) is 0 Å². The van der Waals surface area contributed by atoms with Crippen LogP contribution in [-0.4, -0.2) is 13.7 Å². The van der Waals surface area contributed by atoms with Gasteiger partial charge in [0.2, 0.25) is 5.82 Å². The summed E-state index contributed by atoms with van der Waals surface area (Å²) in [6, 6.07) is 1.48. The second-order valence-electron chi connectivity index (χ2n) is 3.76. The first kappa shape index (κ1) is 11.8. The minimum Gasteiger partial charge on any atom is -0.492 e. The van der Waals surface area contributed by atoms with Gasteiger partial charge in [0.15, 0.2) is 11.6 Å². The van der Waals surface area contributed by atoms with Crippen molar-refractivity contribution < 1.29 is 13.5 Å². The molecule has 16 heavy (non-hydrogen) atoms. The van der Waals surface area contributed by atoms with Gasteiger partial charge < -0.3 is 10.1 Å². The van der Waals surface area contributed by atoms with Gasteiger partial charge in [-0.3, -0.25) is 0 Å². The molecule has 88 valence electrons. The lowest BCUT2D eigenvalue weighted by Crippen LogP contribution is -2.15. The molecule has 0 aliphatic carbocycles. The molecule has 1 unspecified atom stereocenters. The van der Waals surface area contributed by atoms with E-state index in [2.05, 4.69) is 21.2 Å². The third-order valence-electron chi connectivity index (χ3n) is 2.78. The molecule has 1 aromatic rings. The van der Waals surface area contributed by atoms with Crippen molar-refractivity contribution in [1.29, 1.82) is 0 Å². The molecule has 0 saturated carbocycles. The summed E-state index contributed by atoms with van der Waals surface area (Å²) in [4.78, 5) is 0. The van der Waals surface area contributed by atoms with Crippen LogP contribution in [0.1, 0.15) is 24.4 Å². The number of hydrogen-bond donors (Lipinski definition) is 1. The number of benzene rings is 1. The van der Waals surface area contributed by atoms with Gasteiger partial charge in [0.05, 0.1) is 11.6 Å². The quantitative estimate of drug-likeness (QED) is 0.845. The second kappa shape index (κ2) is 4.67. The lowest BCUT2D eigenvalue weighted by Gasteiger charge is -2.15.